The first-order valence-electron chi connectivity index (χ1n) is 5.19. The number of nitro benzene ring substituents is 1. The van der Waals surface area contributed by atoms with Gasteiger partial charge in [0.25, 0.3) is 5.69 Å². The number of nitrogen functional groups attached to an aromatic ring is 1. The highest BCUT2D eigenvalue weighted by Gasteiger charge is 2.11. The third kappa shape index (κ3) is 3.38. The van der Waals surface area contributed by atoms with Crippen LogP contribution in [-0.2, 0) is 5.75 Å². The van der Waals surface area contributed by atoms with E-state index >= 15 is 0 Å². The molecule has 6 nitrogen and oxygen atoms in total. The fourth-order valence-corrected chi connectivity index (χ4v) is 2.23. The molecule has 0 unspecified atom stereocenters. The number of nitro groups is 1. The van der Waals surface area contributed by atoms with E-state index in [0.717, 1.165) is 6.07 Å². The summed E-state index contributed by atoms with van der Waals surface area (Å²) in [6.45, 7) is 0. The Morgan fingerprint density at radius 1 is 1.32 bits per heavy atom. The molecular weight excluding hydrogens is 271 g/mol. The smallest absolute Gasteiger partial charge is 0.272 e. The van der Waals surface area contributed by atoms with Crippen LogP contribution < -0.4 is 5.73 Å². The van der Waals surface area contributed by atoms with Crippen molar-refractivity contribution in [3.8, 4) is 0 Å². The van der Waals surface area contributed by atoms with E-state index in [-0.39, 0.29) is 11.5 Å². The molecule has 1 heterocycles. The third-order valence-corrected chi connectivity index (χ3v) is 3.29. The second kappa shape index (κ2) is 5.61. The van der Waals surface area contributed by atoms with Crippen molar-refractivity contribution in [3.63, 3.8) is 0 Å². The van der Waals surface area contributed by atoms with Crippen molar-refractivity contribution in [3.05, 3.63) is 52.1 Å². The molecule has 2 N–H and O–H groups in total. The van der Waals surface area contributed by atoms with Crippen LogP contribution in [0.1, 0.15) is 5.56 Å². The van der Waals surface area contributed by atoms with Gasteiger partial charge < -0.3 is 5.73 Å². The minimum atomic E-state index is -0.642. The molecule has 0 aliphatic carbocycles. The van der Waals surface area contributed by atoms with Gasteiger partial charge in [-0.3, -0.25) is 10.1 Å². The molecule has 0 atom stereocenters. The lowest BCUT2D eigenvalue weighted by Gasteiger charge is -2.03. The molecule has 2 aromatic rings. The van der Waals surface area contributed by atoms with E-state index in [9.17, 15) is 14.5 Å². The zero-order valence-electron chi connectivity index (χ0n) is 9.62. The molecule has 0 saturated carbocycles. The van der Waals surface area contributed by atoms with Gasteiger partial charge in [0.2, 0.25) is 0 Å². The number of aromatic nitrogens is 2. The van der Waals surface area contributed by atoms with Gasteiger partial charge in [-0.1, -0.05) is 11.8 Å². The first-order valence-corrected chi connectivity index (χ1v) is 6.18. The number of benzene rings is 1. The predicted molar refractivity (Wildman–Crippen MR) is 69.1 cm³/mol. The maximum absolute atomic E-state index is 13.2. The van der Waals surface area contributed by atoms with Gasteiger partial charge in [0, 0.05) is 24.2 Å². The molecule has 98 valence electrons. The second-order valence-electron chi connectivity index (χ2n) is 3.61. The lowest BCUT2D eigenvalue weighted by molar-refractivity contribution is -0.385. The van der Waals surface area contributed by atoms with Gasteiger partial charge in [-0.25, -0.2) is 14.4 Å². The van der Waals surface area contributed by atoms with E-state index in [1.165, 1.54) is 36.3 Å². The molecule has 1 aromatic carbocycles. The zero-order chi connectivity index (χ0) is 13.8. The van der Waals surface area contributed by atoms with Gasteiger partial charge in [-0.2, -0.15) is 0 Å². The lowest BCUT2D eigenvalue weighted by Crippen LogP contribution is -1.96. The fraction of sp³-hybridized carbons (Fsp3) is 0.0909. The molecule has 0 saturated heterocycles. The Hall–Kier alpha value is -2.22. The summed E-state index contributed by atoms with van der Waals surface area (Å²) in [7, 11) is 0. The van der Waals surface area contributed by atoms with E-state index in [4.69, 9.17) is 5.73 Å². The fourth-order valence-electron chi connectivity index (χ4n) is 1.42. The summed E-state index contributed by atoms with van der Waals surface area (Å²) in [5.74, 6) is -0.0445. The van der Waals surface area contributed by atoms with E-state index in [0.29, 0.717) is 16.3 Å². The molecule has 1 aromatic heterocycles. The van der Waals surface area contributed by atoms with E-state index in [1.54, 1.807) is 0 Å². The molecule has 19 heavy (non-hydrogen) atoms. The Labute approximate surface area is 112 Å². The number of non-ortho nitro benzene ring substituents is 1. The van der Waals surface area contributed by atoms with Crippen molar-refractivity contribution in [2.45, 2.75) is 10.8 Å². The molecule has 0 aliphatic rings. The summed E-state index contributed by atoms with van der Waals surface area (Å²) in [5, 5.41) is 11.1. The van der Waals surface area contributed by atoms with Crippen LogP contribution in [0.4, 0.5) is 15.9 Å². The largest absolute Gasteiger partial charge is 0.381 e. The average molecular weight is 280 g/mol. The normalized spacial score (nSPS) is 10.4. The van der Waals surface area contributed by atoms with Crippen molar-refractivity contribution >= 4 is 23.3 Å². The topological polar surface area (TPSA) is 94.9 Å². The van der Waals surface area contributed by atoms with Crippen molar-refractivity contribution < 1.29 is 9.31 Å². The van der Waals surface area contributed by atoms with Gasteiger partial charge in [-0.05, 0) is 11.6 Å². The number of hydrogen-bond acceptors (Lipinski definition) is 6. The van der Waals surface area contributed by atoms with E-state index in [1.807, 2.05) is 0 Å². The van der Waals surface area contributed by atoms with Crippen LogP contribution in [0.5, 0.6) is 0 Å². The monoisotopic (exact) mass is 280 g/mol. The van der Waals surface area contributed by atoms with Crippen LogP contribution in [0.15, 0.2) is 35.6 Å². The third-order valence-electron chi connectivity index (χ3n) is 2.22. The molecule has 0 amide bonds. The zero-order valence-corrected chi connectivity index (χ0v) is 10.4. The van der Waals surface area contributed by atoms with Gasteiger partial charge in [0.1, 0.15) is 10.8 Å². The number of halogens is 1. The molecule has 0 spiro atoms. The Morgan fingerprint density at radius 2 is 2.05 bits per heavy atom. The summed E-state index contributed by atoms with van der Waals surface area (Å²) < 4.78 is 13.2. The van der Waals surface area contributed by atoms with Gasteiger partial charge >= 0.3 is 0 Å². The van der Waals surface area contributed by atoms with Gasteiger partial charge in [0.05, 0.1) is 11.0 Å². The first-order chi connectivity index (χ1) is 9.06. The Balaban J connectivity index is 2.16. The average Bonchev–Trinajstić information content (AvgIpc) is 2.37. The van der Waals surface area contributed by atoms with Crippen molar-refractivity contribution in [2.24, 2.45) is 0 Å². The number of hydrogen-bond donors (Lipinski definition) is 1. The van der Waals surface area contributed by atoms with Crippen LogP contribution in [0.25, 0.3) is 0 Å². The van der Waals surface area contributed by atoms with Crippen molar-refractivity contribution in [1.29, 1.82) is 0 Å². The highest BCUT2D eigenvalue weighted by molar-refractivity contribution is 7.98. The molecule has 8 heteroatoms. The molecular formula is C11H9FN4O2S. The molecule has 0 bridgehead atoms. The summed E-state index contributed by atoms with van der Waals surface area (Å²) >= 11 is 1.24. The quantitative estimate of drug-likeness (QED) is 0.525. The van der Waals surface area contributed by atoms with Gasteiger partial charge in [-0.15, -0.1) is 0 Å². The number of rotatable bonds is 4. The minimum Gasteiger partial charge on any atom is -0.381 e. The predicted octanol–water partition coefficient (Wildman–Crippen LogP) is 2.40. The summed E-state index contributed by atoms with van der Waals surface area (Å²) in [4.78, 5) is 17.9. The van der Waals surface area contributed by atoms with Crippen molar-refractivity contribution in [2.75, 3.05) is 5.73 Å². The molecule has 0 aliphatic heterocycles. The number of nitrogens with zero attached hydrogens (tertiary/aromatic N) is 3. The first kappa shape index (κ1) is 13.2. The number of thioether (sulfide) groups is 1. The number of nitrogens with two attached hydrogens (primary N) is 1. The molecule has 2 rings (SSSR count). The minimum absolute atomic E-state index is 0.275. The SMILES string of the molecule is Nc1nccnc1SCc1cc(F)cc([N+](=O)[O-])c1. The second-order valence-corrected chi connectivity index (χ2v) is 4.57. The number of anilines is 1. The summed E-state index contributed by atoms with van der Waals surface area (Å²) in [6.07, 6.45) is 2.96. The maximum Gasteiger partial charge on any atom is 0.272 e. The Morgan fingerprint density at radius 3 is 2.74 bits per heavy atom. The van der Waals surface area contributed by atoms with E-state index in [2.05, 4.69) is 9.97 Å². The van der Waals surface area contributed by atoms with Crippen LogP contribution in [-0.4, -0.2) is 14.9 Å². The summed E-state index contributed by atoms with van der Waals surface area (Å²) in [5.41, 5.74) is 5.83. The van der Waals surface area contributed by atoms with Crippen LogP contribution in [0.3, 0.4) is 0 Å². The summed E-state index contributed by atoms with van der Waals surface area (Å²) in [6, 6.07) is 3.44. The van der Waals surface area contributed by atoms with E-state index < -0.39 is 10.7 Å². The Kier molecular flexibility index (Phi) is 3.91. The van der Waals surface area contributed by atoms with Crippen LogP contribution >= 0.6 is 11.8 Å². The highest BCUT2D eigenvalue weighted by atomic mass is 32.2. The van der Waals surface area contributed by atoms with Crippen molar-refractivity contribution in [1.82, 2.24) is 9.97 Å². The Bertz CT molecular complexity index is 623. The molecule has 0 fully saturated rings. The standard InChI is InChI=1S/C11H9FN4O2S/c12-8-3-7(4-9(5-8)16(17)18)6-19-11-10(13)14-1-2-15-11/h1-5H,6H2,(H2,13,14). The van der Waals surface area contributed by atoms with Gasteiger partial charge in [0.15, 0.2) is 5.82 Å². The highest BCUT2D eigenvalue weighted by Crippen LogP contribution is 2.26. The maximum atomic E-state index is 13.2. The lowest BCUT2D eigenvalue weighted by atomic mass is 10.2. The van der Waals surface area contributed by atoms with Crippen LogP contribution in [0, 0.1) is 15.9 Å². The van der Waals surface area contributed by atoms with Crippen LogP contribution in [0.2, 0.25) is 0 Å². The molecule has 0 radical (unpaired) electrons.